The summed E-state index contributed by atoms with van der Waals surface area (Å²) in [5.41, 5.74) is 1.52. The maximum atomic E-state index is 12.5. The van der Waals surface area contributed by atoms with Crippen molar-refractivity contribution in [3.63, 3.8) is 0 Å². The standard InChI is InChI=1S/C23H26N2O5S3/c1-3-30-22(27)15-25-19-12-11-18(31-2)14-20(19)32-23(25)24-21(26)10-7-13-33(28,29)16-17-8-5-4-6-9-17/h4-6,8-9,11-12,14H,3,7,10,13,15-16H2,1-2H3. The maximum Gasteiger partial charge on any atom is 0.326 e. The van der Waals surface area contributed by atoms with E-state index in [2.05, 4.69) is 4.99 Å². The SMILES string of the molecule is CCOC(=O)Cn1c(=NC(=O)CCCS(=O)(=O)Cc2ccccc2)sc2cc(SC)ccc21. The number of hydrogen-bond acceptors (Lipinski definition) is 7. The summed E-state index contributed by atoms with van der Waals surface area (Å²) in [6, 6.07) is 14.8. The number of aromatic nitrogens is 1. The minimum atomic E-state index is -3.32. The van der Waals surface area contributed by atoms with Gasteiger partial charge in [-0.1, -0.05) is 41.7 Å². The van der Waals surface area contributed by atoms with Crippen LogP contribution in [0.5, 0.6) is 0 Å². The highest BCUT2D eigenvalue weighted by atomic mass is 32.2. The van der Waals surface area contributed by atoms with Crippen molar-refractivity contribution >= 4 is 55.0 Å². The smallest absolute Gasteiger partial charge is 0.326 e. The molecule has 0 bridgehead atoms. The highest BCUT2D eigenvalue weighted by molar-refractivity contribution is 7.98. The summed E-state index contributed by atoms with van der Waals surface area (Å²) in [6.07, 6.45) is 2.18. The van der Waals surface area contributed by atoms with Gasteiger partial charge in [0.25, 0.3) is 0 Å². The second kappa shape index (κ2) is 11.6. The molecule has 0 aliphatic rings. The van der Waals surface area contributed by atoms with Crippen LogP contribution >= 0.6 is 23.1 Å². The fourth-order valence-electron chi connectivity index (χ4n) is 3.26. The van der Waals surface area contributed by atoms with Gasteiger partial charge in [0.15, 0.2) is 14.6 Å². The second-order valence-electron chi connectivity index (χ2n) is 7.30. The van der Waals surface area contributed by atoms with Gasteiger partial charge in [-0.25, -0.2) is 8.42 Å². The van der Waals surface area contributed by atoms with E-state index in [4.69, 9.17) is 4.74 Å². The zero-order valence-corrected chi connectivity index (χ0v) is 21.0. The number of benzene rings is 2. The van der Waals surface area contributed by atoms with E-state index in [1.165, 1.54) is 11.3 Å². The van der Waals surface area contributed by atoms with Gasteiger partial charge in [-0.2, -0.15) is 4.99 Å². The van der Waals surface area contributed by atoms with Crippen molar-refractivity contribution in [1.82, 2.24) is 4.57 Å². The number of rotatable bonds is 10. The van der Waals surface area contributed by atoms with E-state index in [1.54, 1.807) is 47.5 Å². The van der Waals surface area contributed by atoms with Crippen molar-refractivity contribution in [1.29, 1.82) is 0 Å². The van der Waals surface area contributed by atoms with E-state index in [1.807, 2.05) is 30.5 Å². The van der Waals surface area contributed by atoms with Crippen LogP contribution in [0.2, 0.25) is 0 Å². The summed E-state index contributed by atoms with van der Waals surface area (Å²) >= 11 is 2.92. The van der Waals surface area contributed by atoms with Crippen LogP contribution in [0.25, 0.3) is 10.2 Å². The molecule has 33 heavy (non-hydrogen) atoms. The first-order chi connectivity index (χ1) is 15.8. The summed E-state index contributed by atoms with van der Waals surface area (Å²) in [5.74, 6) is -0.964. The molecule has 0 spiro atoms. The molecule has 1 amide bonds. The van der Waals surface area contributed by atoms with Gasteiger partial charge in [-0.3, -0.25) is 9.59 Å². The fourth-order valence-corrected chi connectivity index (χ4v) is 6.29. The number of sulfone groups is 1. The molecule has 10 heteroatoms. The molecule has 3 rings (SSSR count). The van der Waals surface area contributed by atoms with E-state index in [0.29, 0.717) is 4.80 Å². The lowest BCUT2D eigenvalue weighted by Crippen LogP contribution is -2.23. The third-order valence-corrected chi connectivity index (χ3v) is 8.23. The van der Waals surface area contributed by atoms with Crippen molar-refractivity contribution in [2.24, 2.45) is 4.99 Å². The molecule has 1 aromatic heterocycles. The summed E-state index contributed by atoms with van der Waals surface area (Å²) in [4.78, 5) is 30.3. The molecule has 0 radical (unpaired) electrons. The Kier molecular flexibility index (Phi) is 8.87. The lowest BCUT2D eigenvalue weighted by atomic mass is 10.2. The number of carbonyl (C=O) groups excluding carboxylic acids is 2. The molecule has 0 unspecified atom stereocenters. The molecular formula is C23H26N2O5S3. The van der Waals surface area contributed by atoms with E-state index in [-0.39, 0.29) is 37.5 Å². The molecule has 0 aliphatic heterocycles. The van der Waals surface area contributed by atoms with E-state index in [0.717, 1.165) is 20.7 Å². The number of thioether (sulfide) groups is 1. The van der Waals surface area contributed by atoms with Gasteiger partial charge in [0, 0.05) is 11.3 Å². The van der Waals surface area contributed by atoms with Crippen LogP contribution in [-0.2, 0) is 36.5 Å². The Hall–Kier alpha value is -2.43. The minimum absolute atomic E-state index is 0.0116. The summed E-state index contributed by atoms with van der Waals surface area (Å²) in [6.45, 7) is 1.95. The number of carbonyl (C=O) groups is 2. The molecule has 0 saturated carbocycles. The third kappa shape index (κ3) is 7.28. The first-order valence-corrected chi connectivity index (χ1v) is 14.3. The van der Waals surface area contributed by atoms with Crippen LogP contribution in [0.3, 0.4) is 0 Å². The van der Waals surface area contributed by atoms with Gasteiger partial charge < -0.3 is 9.30 Å². The molecule has 3 aromatic rings. The number of fused-ring (bicyclic) bond motifs is 1. The lowest BCUT2D eigenvalue weighted by Gasteiger charge is -2.05. The van der Waals surface area contributed by atoms with Crippen molar-refractivity contribution in [2.75, 3.05) is 18.6 Å². The fraction of sp³-hybridized carbons (Fsp3) is 0.348. The number of nitrogens with zero attached hydrogens (tertiary/aromatic N) is 2. The van der Waals surface area contributed by atoms with Gasteiger partial charge in [0.05, 0.1) is 28.3 Å². The van der Waals surface area contributed by atoms with Gasteiger partial charge in [-0.05, 0) is 43.4 Å². The van der Waals surface area contributed by atoms with Crippen LogP contribution in [-0.4, -0.2) is 43.5 Å². The van der Waals surface area contributed by atoms with Gasteiger partial charge in [0.1, 0.15) is 6.54 Å². The van der Waals surface area contributed by atoms with E-state index >= 15 is 0 Å². The number of ether oxygens (including phenoxy) is 1. The Balaban J connectivity index is 1.75. The average Bonchev–Trinajstić information content (AvgIpc) is 3.09. The predicted octanol–water partition coefficient (Wildman–Crippen LogP) is 3.81. The molecule has 1 heterocycles. The molecular weight excluding hydrogens is 480 g/mol. The molecule has 0 aliphatic carbocycles. The lowest BCUT2D eigenvalue weighted by molar-refractivity contribution is -0.143. The van der Waals surface area contributed by atoms with Crippen LogP contribution in [0, 0.1) is 0 Å². The number of thiazole rings is 1. The predicted molar refractivity (Wildman–Crippen MR) is 132 cm³/mol. The van der Waals surface area contributed by atoms with Crippen molar-refractivity contribution in [3.8, 4) is 0 Å². The summed E-state index contributed by atoms with van der Waals surface area (Å²) in [7, 11) is -3.32. The molecule has 176 valence electrons. The molecule has 0 N–H and O–H groups in total. The highest BCUT2D eigenvalue weighted by Gasteiger charge is 2.15. The van der Waals surface area contributed by atoms with Gasteiger partial charge in [0.2, 0.25) is 5.91 Å². The molecule has 0 saturated heterocycles. The maximum absolute atomic E-state index is 12.5. The Morgan fingerprint density at radius 1 is 1.15 bits per heavy atom. The van der Waals surface area contributed by atoms with E-state index in [9.17, 15) is 18.0 Å². The molecule has 2 aromatic carbocycles. The third-order valence-electron chi connectivity index (χ3n) is 4.78. The Labute approximate surface area is 201 Å². The van der Waals surface area contributed by atoms with Crippen molar-refractivity contribution in [2.45, 2.75) is 37.0 Å². The number of esters is 1. The molecule has 0 atom stereocenters. The minimum Gasteiger partial charge on any atom is -0.465 e. The molecule has 7 nitrogen and oxygen atoms in total. The average molecular weight is 507 g/mol. The normalized spacial score (nSPS) is 12.2. The Morgan fingerprint density at radius 3 is 2.61 bits per heavy atom. The number of amides is 1. The van der Waals surface area contributed by atoms with Gasteiger partial charge in [-0.15, -0.1) is 11.8 Å². The van der Waals surface area contributed by atoms with Crippen LogP contribution in [0.1, 0.15) is 25.3 Å². The largest absolute Gasteiger partial charge is 0.465 e. The number of hydrogen-bond donors (Lipinski definition) is 0. The highest BCUT2D eigenvalue weighted by Crippen LogP contribution is 2.24. The first kappa shape index (κ1) is 25.2. The molecule has 0 fully saturated rings. The van der Waals surface area contributed by atoms with Gasteiger partial charge >= 0.3 is 5.97 Å². The van der Waals surface area contributed by atoms with Crippen LogP contribution in [0.4, 0.5) is 0 Å². The second-order valence-corrected chi connectivity index (χ2v) is 11.4. The summed E-state index contributed by atoms with van der Waals surface area (Å²) < 4.78 is 32.4. The zero-order chi connectivity index (χ0) is 23.8. The van der Waals surface area contributed by atoms with Crippen LogP contribution in [0.15, 0.2) is 58.4 Å². The first-order valence-electron chi connectivity index (χ1n) is 10.5. The zero-order valence-electron chi connectivity index (χ0n) is 18.5. The quantitative estimate of drug-likeness (QED) is 0.307. The Morgan fingerprint density at radius 2 is 1.91 bits per heavy atom. The monoisotopic (exact) mass is 506 g/mol. The van der Waals surface area contributed by atoms with Crippen molar-refractivity contribution in [3.05, 3.63) is 58.9 Å². The summed E-state index contributed by atoms with van der Waals surface area (Å²) in [5, 5.41) is 0. The van der Waals surface area contributed by atoms with E-state index < -0.39 is 21.7 Å². The van der Waals surface area contributed by atoms with Crippen molar-refractivity contribution < 1.29 is 22.7 Å². The topological polar surface area (TPSA) is 94.8 Å². The Bertz CT molecular complexity index is 1290. The van der Waals surface area contributed by atoms with Crippen LogP contribution < -0.4 is 4.80 Å².